The van der Waals surface area contributed by atoms with Gasteiger partial charge >= 0.3 is 0 Å². The Kier molecular flexibility index (Phi) is 5.63. The lowest BCUT2D eigenvalue weighted by Gasteiger charge is -2.23. The van der Waals surface area contributed by atoms with Crippen LogP contribution in [0.1, 0.15) is 17.3 Å². The van der Waals surface area contributed by atoms with E-state index in [0.29, 0.717) is 28.7 Å². The highest BCUT2D eigenvalue weighted by molar-refractivity contribution is 6.37. The lowest BCUT2D eigenvalue weighted by atomic mass is 10.0. The molecule has 1 aromatic rings. The number of ether oxygens (including phenoxy) is 2. The summed E-state index contributed by atoms with van der Waals surface area (Å²) in [4.78, 5) is 14.7. The van der Waals surface area contributed by atoms with Gasteiger partial charge in [0.2, 0.25) is 0 Å². The van der Waals surface area contributed by atoms with E-state index in [0.717, 1.165) is 0 Å². The van der Waals surface area contributed by atoms with Crippen LogP contribution in [-0.2, 0) is 9.47 Å². The lowest BCUT2D eigenvalue weighted by molar-refractivity contribution is -0.00461. The van der Waals surface area contributed by atoms with Crippen LogP contribution in [-0.4, -0.2) is 56.2 Å². The van der Waals surface area contributed by atoms with Crippen molar-refractivity contribution in [3.8, 4) is 0 Å². The SMILES string of the molecule is COC1CN(C(C)C(=O)c2ccc(Cl)cc2Cl)CC1OC. The first kappa shape index (κ1) is 16.7. The minimum absolute atomic E-state index is 0.0223. The largest absolute Gasteiger partial charge is 0.377 e. The quantitative estimate of drug-likeness (QED) is 0.777. The fourth-order valence-corrected chi connectivity index (χ4v) is 3.12. The standard InChI is InChI=1S/C15H19Cl2NO3/c1-9(18-7-13(20-2)14(8-18)21-3)15(19)11-5-4-10(16)6-12(11)17/h4-6,9,13-14H,7-8H2,1-3H3. The third-order valence-electron chi connectivity index (χ3n) is 3.97. The molecule has 0 saturated carbocycles. The molecular formula is C15H19Cl2NO3. The third-order valence-corrected chi connectivity index (χ3v) is 4.52. The number of hydrogen-bond acceptors (Lipinski definition) is 4. The topological polar surface area (TPSA) is 38.8 Å². The summed E-state index contributed by atoms with van der Waals surface area (Å²) < 4.78 is 10.8. The van der Waals surface area contributed by atoms with Crippen molar-refractivity contribution >= 4 is 29.0 Å². The maximum atomic E-state index is 12.6. The molecule has 1 saturated heterocycles. The second-order valence-corrected chi connectivity index (χ2v) is 6.01. The normalized spacial score (nSPS) is 24.2. The lowest BCUT2D eigenvalue weighted by Crippen LogP contribution is -2.38. The average molecular weight is 332 g/mol. The van der Waals surface area contributed by atoms with Gasteiger partial charge in [-0.05, 0) is 25.1 Å². The monoisotopic (exact) mass is 331 g/mol. The maximum absolute atomic E-state index is 12.6. The number of ketones is 1. The molecule has 0 aliphatic carbocycles. The van der Waals surface area contributed by atoms with Crippen LogP contribution in [0.4, 0.5) is 0 Å². The number of Topliss-reactive ketones (excluding diaryl/α,β-unsaturated/α-hetero) is 1. The first-order chi connectivity index (χ1) is 9.97. The van der Waals surface area contributed by atoms with Crippen molar-refractivity contribution in [2.75, 3.05) is 27.3 Å². The fourth-order valence-electron chi connectivity index (χ4n) is 2.62. The van der Waals surface area contributed by atoms with E-state index in [9.17, 15) is 4.79 Å². The molecule has 0 spiro atoms. The molecule has 0 aromatic heterocycles. The predicted octanol–water partition coefficient (Wildman–Crippen LogP) is 2.91. The number of rotatable bonds is 5. The second kappa shape index (κ2) is 7.07. The Morgan fingerprint density at radius 1 is 1.24 bits per heavy atom. The van der Waals surface area contributed by atoms with Gasteiger partial charge in [0.05, 0.1) is 23.3 Å². The number of halogens is 2. The molecule has 2 rings (SSSR count). The van der Waals surface area contributed by atoms with Crippen molar-refractivity contribution in [2.45, 2.75) is 25.2 Å². The summed E-state index contributed by atoms with van der Waals surface area (Å²) in [5, 5.41) is 0.898. The number of benzene rings is 1. The molecule has 1 aromatic carbocycles. The van der Waals surface area contributed by atoms with E-state index >= 15 is 0 Å². The van der Waals surface area contributed by atoms with E-state index in [4.69, 9.17) is 32.7 Å². The van der Waals surface area contributed by atoms with Crippen LogP contribution in [0.5, 0.6) is 0 Å². The van der Waals surface area contributed by atoms with Crippen molar-refractivity contribution in [1.29, 1.82) is 0 Å². The van der Waals surface area contributed by atoms with Crippen molar-refractivity contribution in [3.63, 3.8) is 0 Å². The van der Waals surface area contributed by atoms with Crippen LogP contribution in [0.3, 0.4) is 0 Å². The van der Waals surface area contributed by atoms with Crippen LogP contribution >= 0.6 is 23.2 Å². The zero-order valence-corrected chi connectivity index (χ0v) is 13.8. The van der Waals surface area contributed by atoms with Gasteiger partial charge in [-0.15, -0.1) is 0 Å². The molecule has 0 N–H and O–H groups in total. The number of carbonyl (C=O) groups excluding carboxylic acids is 1. The Morgan fingerprint density at radius 2 is 1.81 bits per heavy atom. The Morgan fingerprint density at radius 3 is 2.29 bits per heavy atom. The van der Waals surface area contributed by atoms with Gasteiger partial charge in [-0.1, -0.05) is 23.2 Å². The molecule has 0 radical (unpaired) electrons. The van der Waals surface area contributed by atoms with E-state index in [1.54, 1.807) is 32.4 Å². The highest BCUT2D eigenvalue weighted by atomic mass is 35.5. The molecule has 0 bridgehead atoms. The number of carbonyl (C=O) groups is 1. The number of likely N-dealkylation sites (tertiary alicyclic amines) is 1. The number of nitrogens with zero attached hydrogens (tertiary/aromatic N) is 1. The minimum atomic E-state index is -0.290. The summed E-state index contributed by atoms with van der Waals surface area (Å²) in [6.45, 7) is 3.19. The summed E-state index contributed by atoms with van der Waals surface area (Å²) in [7, 11) is 3.31. The first-order valence-corrected chi connectivity index (χ1v) is 7.52. The summed E-state index contributed by atoms with van der Waals surface area (Å²) >= 11 is 12.0. The Bertz CT molecular complexity index is 512. The Hall–Kier alpha value is -0.650. The molecular weight excluding hydrogens is 313 g/mol. The highest BCUT2D eigenvalue weighted by Crippen LogP contribution is 2.25. The molecule has 1 aliphatic rings. The van der Waals surface area contributed by atoms with Crippen molar-refractivity contribution in [2.24, 2.45) is 0 Å². The number of methoxy groups -OCH3 is 2. The number of hydrogen-bond donors (Lipinski definition) is 0. The van der Waals surface area contributed by atoms with Gasteiger partial charge in [-0.3, -0.25) is 9.69 Å². The smallest absolute Gasteiger partial charge is 0.181 e. The Balaban J connectivity index is 2.13. The van der Waals surface area contributed by atoms with Crippen LogP contribution in [0.15, 0.2) is 18.2 Å². The van der Waals surface area contributed by atoms with E-state index in [1.807, 2.05) is 6.92 Å². The third kappa shape index (κ3) is 3.58. The summed E-state index contributed by atoms with van der Waals surface area (Å²) in [6, 6.07) is 4.64. The molecule has 3 atom stereocenters. The summed E-state index contributed by atoms with van der Waals surface area (Å²) in [6.07, 6.45) is -0.0446. The van der Waals surface area contributed by atoms with Gasteiger partial charge in [0.15, 0.2) is 5.78 Å². The molecule has 1 heterocycles. The van der Waals surface area contributed by atoms with Crippen molar-refractivity contribution in [3.05, 3.63) is 33.8 Å². The van der Waals surface area contributed by atoms with Gasteiger partial charge < -0.3 is 9.47 Å². The maximum Gasteiger partial charge on any atom is 0.181 e. The minimum Gasteiger partial charge on any atom is -0.377 e. The average Bonchev–Trinajstić information content (AvgIpc) is 2.89. The van der Waals surface area contributed by atoms with E-state index < -0.39 is 0 Å². The van der Waals surface area contributed by atoms with Crippen LogP contribution in [0.25, 0.3) is 0 Å². The van der Waals surface area contributed by atoms with Crippen LogP contribution in [0, 0.1) is 0 Å². The molecule has 116 valence electrons. The highest BCUT2D eigenvalue weighted by Gasteiger charge is 2.37. The molecule has 4 nitrogen and oxygen atoms in total. The zero-order valence-electron chi connectivity index (χ0n) is 12.3. The second-order valence-electron chi connectivity index (χ2n) is 5.17. The first-order valence-electron chi connectivity index (χ1n) is 6.76. The van der Waals surface area contributed by atoms with Gasteiger partial charge in [0, 0.05) is 37.9 Å². The van der Waals surface area contributed by atoms with Crippen LogP contribution < -0.4 is 0 Å². The van der Waals surface area contributed by atoms with Crippen LogP contribution in [0.2, 0.25) is 10.0 Å². The molecule has 1 aliphatic heterocycles. The summed E-state index contributed by atoms with van der Waals surface area (Å²) in [5.74, 6) is -0.0247. The predicted molar refractivity (Wildman–Crippen MR) is 83.4 cm³/mol. The molecule has 6 heteroatoms. The van der Waals surface area contributed by atoms with Gasteiger partial charge in [0.1, 0.15) is 0 Å². The molecule has 1 fully saturated rings. The van der Waals surface area contributed by atoms with Crippen molar-refractivity contribution in [1.82, 2.24) is 4.90 Å². The van der Waals surface area contributed by atoms with Gasteiger partial charge in [0.25, 0.3) is 0 Å². The molecule has 3 unspecified atom stereocenters. The Labute approximate surface area is 134 Å². The zero-order chi connectivity index (χ0) is 15.6. The fraction of sp³-hybridized carbons (Fsp3) is 0.533. The van der Waals surface area contributed by atoms with E-state index in [2.05, 4.69) is 4.90 Å². The van der Waals surface area contributed by atoms with E-state index in [1.165, 1.54) is 0 Å². The van der Waals surface area contributed by atoms with Gasteiger partial charge in [-0.25, -0.2) is 0 Å². The van der Waals surface area contributed by atoms with Crippen molar-refractivity contribution < 1.29 is 14.3 Å². The molecule has 0 amide bonds. The molecule has 21 heavy (non-hydrogen) atoms. The summed E-state index contributed by atoms with van der Waals surface area (Å²) in [5.41, 5.74) is 0.489. The van der Waals surface area contributed by atoms with Gasteiger partial charge in [-0.2, -0.15) is 0 Å². The van der Waals surface area contributed by atoms with E-state index in [-0.39, 0.29) is 24.0 Å².